The number of carbonyl (C=O) groups excluding carboxylic acids is 3. The number of likely N-dealkylation sites (tertiary alicyclic amines) is 1. The van der Waals surface area contributed by atoms with Gasteiger partial charge in [-0.2, -0.15) is 0 Å². The van der Waals surface area contributed by atoms with Gasteiger partial charge in [-0.05, 0) is 70.1 Å². The lowest BCUT2D eigenvalue weighted by Crippen LogP contribution is -2.47. The van der Waals surface area contributed by atoms with Gasteiger partial charge in [0.25, 0.3) is 5.91 Å². The number of nitrogens with one attached hydrogen (secondary N) is 2. The zero-order valence-electron chi connectivity index (χ0n) is 15.8. The van der Waals surface area contributed by atoms with Crippen LogP contribution in [-0.4, -0.2) is 41.2 Å². The number of anilines is 1. The molecule has 1 heterocycles. The first-order valence-corrected chi connectivity index (χ1v) is 9.96. The number of carbonyl (C=O) groups is 3. The highest BCUT2D eigenvalue weighted by atomic mass is 35.5. The Kier molecular flexibility index (Phi) is 6.05. The minimum absolute atomic E-state index is 0.116. The Labute approximate surface area is 164 Å². The Morgan fingerprint density at radius 1 is 1.07 bits per heavy atom. The van der Waals surface area contributed by atoms with Gasteiger partial charge in [-0.3, -0.25) is 14.4 Å². The molecule has 6 nitrogen and oxygen atoms in total. The summed E-state index contributed by atoms with van der Waals surface area (Å²) < 4.78 is 0. The van der Waals surface area contributed by atoms with Crippen LogP contribution >= 0.6 is 11.6 Å². The first kappa shape index (κ1) is 19.7. The van der Waals surface area contributed by atoms with Gasteiger partial charge >= 0.3 is 11.8 Å². The van der Waals surface area contributed by atoms with E-state index < -0.39 is 11.8 Å². The Bertz CT molecular complexity index is 738. The van der Waals surface area contributed by atoms with E-state index in [0.717, 1.165) is 32.1 Å². The molecule has 27 heavy (non-hydrogen) atoms. The van der Waals surface area contributed by atoms with Crippen molar-refractivity contribution in [1.82, 2.24) is 10.2 Å². The van der Waals surface area contributed by atoms with E-state index in [1.807, 2.05) is 18.7 Å². The predicted molar refractivity (Wildman–Crippen MR) is 105 cm³/mol. The maximum Gasteiger partial charge on any atom is 0.313 e. The number of halogens is 1. The van der Waals surface area contributed by atoms with Gasteiger partial charge in [0.2, 0.25) is 0 Å². The normalized spacial score (nSPS) is 22.3. The molecule has 7 heteroatoms. The summed E-state index contributed by atoms with van der Waals surface area (Å²) in [6.07, 6.45) is 5.16. The SMILES string of the molecule is C[C@@H]1CCC[C@H](C)N1C(=O)c1cc(Cl)ccc1NC(=O)C(=O)NCC1CC1. The molecule has 1 aliphatic heterocycles. The smallest absolute Gasteiger partial charge is 0.313 e. The quantitative estimate of drug-likeness (QED) is 0.773. The largest absolute Gasteiger partial charge is 0.348 e. The van der Waals surface area contributed by atoms with Gasteiger partial charge in [0.15, 0.2) is 0 Å². The van der Waals surface area contributed by atoms with E-state index >= 15 is 0 Å². The van der Waals surface area contributed by atoms with Gasteiger partial charge in [0.1, 0.15) is 0 Å². The molecule has 1 aliphatic carbocycles. The Hall–Kier alpha value is -2.08. The standard InChI is InChI=1S/C20H26ClN3O3/c1-12-4-3-5-13(2)24(12)20(27)16-10-15(21)8-9-17(16)23-19(26)18(25)22-11-14-6-7-14/h8-10,12-14H,3-7,11H2,1-2H3,(H,22,25)(H,23,26)/t12-,13+. The summed E-state index contributed by atoms with van der Waals surface area (Å²) in [7, 11) is 0. The fourth-order valence-electron chi connectivity index (χ4n) is 3.58. The Morgan fingerprint density at radius 3 is 2.37 bits per heavy atom. The van der Waals surface area contributed by atoms with Crippen molar-refractivity contribution in [2.75, 3.05) is 11.9 Å². The van der Waals surface area contributed by atoms with E-state index in [9.17, 15) is 14.4 Å². The fraction of sp³-hybridized carbons (Fsp3) is 0.550. The first-order chi connectivity index (χ1) is 12.9. The molecule has 2 N–H and O–H groups in total. The topological polar surface area (TPSA) is 78.5 Å². The number of rotatable bonds is 4. The molecule has 1 aromatic rings. The van der Waals surface area contributed by atoms with Crippen LogP contribution < -0.4 is 10.6 Å². The number of piperidine rings is 1. The molecular weight excluding hydrogens is 366 g/mol. The van der Waals surface area contributed by atoms with Gasteiger partial charge in [0.05, 0.1) is 11.3 Å². The van der Waals surface area contributed by atoms with Crippen LogP contribution in [0.3, 0.4) is 0 Å². The number of nitrogens with zero attached hydrogens (tertiary/aromatic N) is 1. The van der Waals surface area contributed by atoms with Gasteiger partial charge < -0.3 is 15.5 Å². The lowest BCUT2D eigenvalue weighted by atomic mass is 9.96. The second kappa shape index (κ2) is 8.30. The minimum Gasteiger partial charge on any atom is -0.348 e. The lowest BCUT2D eigenvalue weighted by Gasteiger charge is -2.39. The Morgan fingerprint density at radius 2 is 1.74 bits per heavy atom. The monoisotopic (exact) mass is 391 g/mol. The van der Waals surface area contributed by atoms with Crippen molar-refractivity contribution in [2.24, 2.45) is 5.92 Å². The molecule has 3 amide bonds. The first-order valence-electron chi connectivity index (χ1n) is 9.58. The fourth-order valence-corrected chi connectivity index (χ4v) is 3.75. The summed E-state index contributed by atoms with van der Waals surface area (Å²) in [5.41, 5.74) is 0.618. The molecule has 0 unspecified atom stereocenters. The highest BCUT2D eigenvalue weighted by Crippen LogP contribution is 2.29. The molecule has 0 bridgehead atoms. The van der Waals surface area contributed by atoms with Crippen LogP contribution in [0, 0.1) is 5.92 Å². The van der Waals surface area contributed by atoms with E-state index in [4.69, 9.17) is 11.6 Å². The molecule has 2 aliphatic rings. The van der Waals surface area contributed by atoms with E-state index in [-0.39, 0.29) is 18.0 Å². The summed E-state index contributed by atoms with van der Waals surface area (Å²) in [4.78, 5) is 39.2. The van der Waals surface area contributed by atoms with E-state index in [2.05, 4.69) is 10.6 Å². The summed E-state index contributed by atoms with van der Waals surface area (Å²) in [6.45, 7) is 4.57. The van der Waals surface area contributed by atoms with Crippen molar-refractivity contribution in [3.05, 3.63) is 28.8 Å². The molecule has 2 atom stereocenters. The summed E-state index contributed by atoms with van der Waals surface area (Å²) >= 11 is 6.10. The molecule has 1 saturated carbocycles. The molecule has 1 saturated heterocycles. The van der Waals surface area contributed by atoms with Gasteiger partial charge in [0, 0.05) is 23.7 Å². The lowest BCUT2D eigenvalue weighted by molar-refractivity contribution is -0.136. The van der Waals surface area contributed by atoms with Crippen LogP contribution in [0.4, 0.5) is 5.69 Å². The van der Waals surface area contributed by atoms with Crippen LogP contribution in [0.5, 0.6) is 0 Å². The highest BCUT2D eigenvalue weighted by molar-refractivity contribution is 6.40. The van der Waals surface area contributed by atoms with Crippen LogP contribution in [0.1, 0.15) is 56.3 Å². The molecule has 0 spiro atoms. The second-order valence-electron chi connectivity index (χ2n) is 7.64. The molecule has 146 valence electrons. The summed E-state index contributed by atoms with van der Waals surface area (Å²) in [5, 5.41) is 5.61. The average molecular weight is 392 g/mol. The summed E-state index contributed by atoms with van der Waals surface area (Å²) in [6, 6.07) is 4.95. The van der Waals surface area contributed by atoms with Gasteiger partial charge in [-0.1, -0.05) is 11.6 Å². The maximum atomic E-state index is 13.2. The zero-order chi connectivity index (χ0) is 19.6. The molecule has 0 aromatic heterocycles. The van der Waals surface area contributed by atoms with E-state index in [1.165, 1.54) is 0 Å². The predicted octanol–water partition coefficient (Wildman–Crippen LogP) is 3.21. The number of amides is 3. The second-order valence-corrected chi connectivity index (χ2v) is 8.08. The highest BCUT2D eigenvalue weighted by Gasteiger charge is 2.31. The number of hydrogen-bond acceptors (Lipinski definition) is 3. The van der Waals surface area contributed by atoms with Crippen molar-refractivity contribution >= 4 is 35.0 Å². The van der Waals surface area contributed by atoms with Crippen molar-refractivity contribution in [2.45, 2.75) is 58.0 Å². The van der Waals surface area contributed by atoms with Crippen molar-refractivity contribution < 1.29 is 14.4 Å². The van der Waals surface area contributed by atoms with E-state index in [1.54, 1.807) is 18.2 Å². The third-order valence-electron chi connectivity index (χ3n) is 5.34. The van der Waals surface area contributed by atoms with Crippen LogP contribution in [-0.2, 0) is 9.59 Å². The van der Waals surface area contributed by atoms with Gasteiger partial charge in [-0.25, -0.2) is 0 Å². The maximum absolute atomic E-state index is 13.2. The minimum atomic E-state index is -0.772. The number of benzene rings is 1. The zero-order valence-corrected chi connectivity index (χ0v) is 16.5. The van der Waals surface area contributed by atoms with Crippen molar-refractivity contribution in [3.63, 3.8) is 0 Å². The molecular formula is C20H26ClN3O3. The van der Waals surface area contributed by atoms with Crippen LogP contribution in [0.15, 0.2) is 18.2 Å². The molecule has 3 rings (SSSR count). The molecule has 1 aromatic carbocycles. The third kappa shape index (κ3) is 4.80. The average Bonchev–Trinajstić information content (AvgIpc) is 3.45. The van der Waals surface area contributed by atoms with Gasteiger partial charge in [-0.15, -0.1) is 0 Å². The van der Waals surface area contributed by atoms with E-state index in [0.29, 0.717) is 28.7 Å². The van der Waals surface area contributed by atoms with Crippen LogP contribution in [0.25, 0.3) is 0 Å². The number of hydrogen-bond donors (Lipinski definition) is 2. The molecule has 2 fully saturated rings. The van der Waals surface area contributed by atoms with Crippen molar-refractivity contribution in [1.29, 1.82) is 0 Å². The molecule has 0 radical (unpaired) electrons. The van der Waals surface area contributed by atoms with Crippen LogP contribution in [0.2, 0.25) is 5.02 Å². The summed E-state index contributed by atoms with van der Waals surface area (Å²) in [5.74, 6) is -1.15. The third-order valence-corrected chi connectivity index (χ3v) is 5.58. The van der Waals surface area contributed by atoms with Crippen molar-refractivity contribution in [3.8, 4) is 0 Å². The Balaban J connectivity index is 1.76.